The Labute approximate surface area is 111 Å². The molecule has 0 saturated carbocycles. The summed E-state index contributed by atoms with van der Waals surface area (Å²) in [5, 5.41) is 8.76. The van der Waals surface area contributed by atoms with Crippen molar-refractivity contribution in [1.29, 1.82) is 5.26 Å². The van der Waals surface area contributed by atoms with E-state index in [1.54, 1.807) is 12.1 Å². The third-order valence-corrected chi connectivity index (χ3v) is 3.78. The van der Waals surface area contributed by atoms with Crippen LogP contribution in [-0.2, 0) is 10.0 Å². The number of nitrogens with zero attached hydrogens (tertiary/aromatic N) is 2. The molecule has 1 aromatic carbocycles. The fourth-order valence-corrected chi connectivity index (χ4v) is 2.64. The molecule has 0 fully saturated rings. The summed E-state index contributed by atoms with van der Waals surface area (Å²) in [4.78, 5) is 4.04. The van der Waals surface area contributed by atoms with Crippen molar-refractivity contribution in [2.45, 2.75) is 11.8 Å². The first-order valence-corrected chi connectivity index (χ1v) is 6.95. The lowest BCUT2D eigenvalue weighted by atomic mass is 10.2. The molecule has 0 aliphatic carbocycles. The number of benzene rings is 1. The van der Waals surface area contributed by atoms with E-state index < -0.39 is 10.0 Å². The molecule has 0 aliphatic rings. The molecule has 1 aromatic heterocycles. The summed E-state index contributed by atoms with van der Waals surface area (Å²) in [5.74, 6) is 0.126. The van der Waals surface area contributed by atoms with E-state index in [1.807, 2.05) is 19.1 Å². The topological polar surface area (TPSA) is 82.9 Å². The first kappa shape index (κ1) is 13.1. The maximum atomic E-state index is 12.1. The Morgan fingerprint density at radius 3 is 2.74 bits per heavy atom. The smallest absolute Gasteiger partial charge is 0.263 e. The lowest BCUT2D eigenvalue weighted by Gasteiger charge is -2.07. The van der Waals surface area contributed by atoms with Crippen molar-refractivity contribution in [3.63, 3.8) is 0 Å². The van der Waals surface area contributed by atoms with Crippen molar-refractivity contribution in [3.8, 4) is 6.07 Å². The van der Waals surface area contributed by atoms with Crippen LogP contribution in [0.4, 0.5) is 5.82 Å². The highest BCUT2D eigenvalue weighted by Crippen LogP contribution is 2.15. The van der Waals surface area contributed by atoms with Gasteiger partial charge >= 0.3 is 0 Å². The van der Waals surface area contributed by atoms with Gasteiger partial charge < -0.3 is 0 Å². The number of pyridine rings is 1. The highest BCUT2D eigenvalue weighted by molar-refractivity contribution is 7.92. The predicted molar refractivity (Wildman–Crippen MR) is 70.9 cm³/mol. The molecule has 1 heterocycles. The molecule has 0 atom stereocenters. The zero-order valence-corrected chi connectivity index (χ0v) is 11.0. The summed E-state index contributed by atoms with van der Waals surface area (Å²) in [5.41, 5.74) is 1.19. The van der Waals surface area contributed by atoms with Gasteiger partial charge in [0.15, 0.2) is 0 Å². The monoisotopic (exact) mass is 273 g/mol. The minimum Gasteiger partial charge on any atom is -0.263 e. The van der Waals surface area contributed by atoms with Crippen LogP contribution in [0.2, 0.25) is 0 Å². The SMILES string of the molecule is Cc1cccc(S(=O)(=O)Nc2cc(C#N)ccn2)c1. The zero-order valence-electron chi connectivity index (χ0n) is 10.2. The molecular formula is C13H11N3O2S. The van der Waals surface area contributed by atoms with E-state index in [-0.39, 0.29) is 10.7 Å². The Hall–Kier alpha value is -2.39. The van der Waals surface area contributed by atoms with Gasteiger partial charge in [0.1, 0.15) is 5.82 Å². The van der Waals surface area contributed by atoms with Gasteiger partial charge in [-0.1, -0.05) is 12.1 Å². The second kappa shape index (κ2) is 5.08. The second-order valence-corrected chi connectivity index (χ2v) is 5.65. The minimum atomic E-state index is -3.68. The van der Waals surface area contributed by atoms with Gasteiger partial charge in [-0.25, -0.2) is 13.4 Å². The normalized spacial score (nSPS) is 10.7. The number of hydrogen-bond acceptors (Lipinski definition) is 4. The fourth-order valence-electron chi connectivity index (χ4n) is 1.53. The quantitative estimate of drug-likeness (QED) is 0.927. The number of aromatic nitrogens is 1. The molecule has 2 rings (SSSR count). The van der Waals surface area contributed by atoms with Gasteiger partial charge in [-0.2, -0.15) is 5.26 Å². The first-order valence-electron chi connectivity index (χ1n) is 5.47. The highest BCUT2D eigenvalue weighted by atomic mass is 32.2. The van der Waals surface area contributed by atoms with Gasteiger partial charge in [-0.3, -0.25) is 4.72 Å². The third kappa shape index (κ3) is 3.09. The van der Waals surface area contributed by atoms with Crippen molar-refractivity contribution in [2.75, 3.05) is 4.72 Å². The average molecular weight is 273 g/mol. The Morgan fingerprint density at radius 2 is 2.05 bits per heavy atom. The molecular weight excluding hydrogens is 262 g/mol. The van der Waals surface area contributed by atoms with Gasteiger partial charge in [-0.05, 0) is 36.8 Å². The van der Waals surface area contributed by atoms with Crippen LogP contribution in [0.3, 0.4) is 0 Å². The highest BCUT2D eigenvalue weighted by Gasteiger charge is 2.14. The summed E-state index contributed by atoms with van der Waals surface area (Å²) in [6.45, 7) is 1.81. The molecule has 0 saturated heterocycles. The summed E-state index contributed by atoms with van der Waals surface area (Å²) in [6.07, 6.45) is 1.38. The first-order chi connectivity index (χ1) is 9.01. The fraction of sp³-hybridized carbons (Fsp3) is 0.0769. The lowest BCUT2D eigenvalue weighted by Crippen LogP contribution is -2.14. The van der Waals surface area contributed by atoms with Crippen LogP contribution in [0, 0.1) is 18.3 Å². The molecule has 5 nitrogen and oxygen atoms in total. The van der Waals surface area contributed by atoms with E-state index in [0.29, 0.717) is 5.56 Å². The Balaban J connectivity index is 2.34. The van der Waals surface area contributed by atoms with E-state index in [2.05, 4.69) is 9.71 Å². The number of nitriles is 1. The molecule has 0 amide bonds. The van der Waals surface area contributed by atoms with Gasteiger partial charge in [0.25, 0.3) is 10.0 Å². The van der Waals surface area contributed by atoms with E-state index in [0.717, 1.165) is 5.56 Å². The Bertz CT molecular complexity index is 748. The summed E-state index contributed by atoms with van der Waals surface area (Å²) in [7, 11) is -3.68. The molecule has 0 aliphatic heterocycles. The number of anilines is 1. The summed E-state index contributed by atoms with van der Waals surface area (Å²) >= 11 is 0. The van der Waals surface area contributed by atoms with E-state index >= 15 is 0 Å². The standard InChI is InChI=1S/C13H11N3O2S/c1-10-3-2-4-12(7-10)19(17,18)16-13-8-11(9-14)5-6-15-13/h2-8H,1H3,(H,15,16). The largest absolute Gasteiger partial charge is 0.263 e. The molecule has 0 radical (unpaired) electrons. The van der Waals surface area contributed by atoms with Crippen LogP contribution in [0.1, 0.15) is 11.1 Å². The number of hydrogen-bond donors (Lipinski definition) is 1. The zero-order chi connectivity index (χ0) is 13.9. The molecule has 6 heteroatoms. The molecule has 0 spiro atoms. The van der Waals surface area contributed by atoms with Crippen LogP contribution in [0.25, 0.3) is 0 Å². The second-order valence-electron chi connectivity index (χ2n) is 3.96. The number of sulfonamides is 1. The van der Waals surface area contributed by atoms with Crippen molar-refractivity contribution in [3.05, 3.63) is 53.7 Å². The maximum Gasteiger partial charge on any atom is 0.263 e. The molecule has 0 bridgehead atoms. The van der Waals surface area contributed by atoms with Crippen LogP contribution < -0.4 is 4.72 Å². The summed E-state index contributed by atoms with van der Waals surface area (Å²) in [6, 6.07) is 11.4. The predicted octanol–water partition coefficient (Wildman–Crippen LogP) is 2.06. The molecule has 2 aromatic rings. The van der Waals surface area contributed by atoms with Gasteiger partial charge in [0.2, 0.25) is 0 Å². The van der Waals surface area contributed by atoms with Crippen molar-refractivity contribution in [1.82, 2.24) is 4.98 Å². The number of rotatable bonds is 3. The van der Waals surface area contributed by atoms with Gasteiger partial charge in [0.05, 0.1) is 16.5 Å². The average Bonchev–Trinajstić information content (AvgIpc) is 2.38. The van der Waals surface area contributed by atoms with E-state index in [1.165, 1.54) is 24.4 Å². The molecule has 19 heavy (non-hydrogen) atoms. The molecule has 0 unspecified atom stereocenters. The van der Waals surface area contributed by atoms with Crippen LogP contribution in [0.15, 0.2) is 47.5 Å². The molecule has 96 valence electrons. The Morgan fingerprint density at radius 1 is 1.26 bits per heavy atom. The minimum absolute atomic E-state index is 0.126. The van der Waals surface area contributed by atoms with Crippen LogP contribution in [0.5, 0.6) is 0 Å². The maximum absolute atomic E-state index is 12.1. The van der Waals surface area contributed by atoms with Crippen molar-refractivity contribution in [2.24, 2.45) is 0 Å². The molecule has 1 N–H and O–H groups in total. The van der Waals surface area contributed by atoms with Crippen LogP contribution >= 0.6 is 0 Å². The van der Waals surface area contributed by atoms with E-state index in [9.17, 15) is 8.42 Å². The summed E-state index contributed by atoms with van der Waals surface area (Å²) < 4.78 is 26.6. The van der Waals surface area contributed by atoms with Gasteiger partial charge in [-0.15, -0.1) is 0 Å². The van der Waals surface area contributed by atoms with Crippen molar-refractivity contribution < 1.29 is 8.42 Å². The number of nitrogens with one attached hydrogen (secondary N) is 1. The van der Waals surface area contributed by atoms with Gasteiger partial charge in [0, 0.05) is 6.20 Å². The van der Waals surface area contributed by atoms with Crippen molar-refractivity contribution >= 4 is 15.8 Å². The lowest BCUT2D eigenvalue weighted by molar-refractivity contribution is 0.601. The van der Waals surface area contributed by atoms with Crippen LogP contribution in [-0.4, -0.2) is 13.4 Å². The number of aryl methyl sites for hydroxylation is 1. The van der Waals surface area contributed by atoms with E-state index in [4.69, 9.17) is 5.26 Å². The third-order valence-electron chi connectivity index (χ3n) is 2.43. The Kier molecular flexibility index (Phi) is 3.49.